The SMILES string of the molecule is Clc1cccnc1C1CCc2nc(-c3ccccn3)oc2CC1. The molecular formula is C18H16ClN3O. The molecule has 0 aliphatic heterocycles. The van der Waals surface area contributed by atoms with Gasteiger partial charge in [-0.05, 0) is 43.5 Å². The van der Waals surface area contributed by atoms with Crippen LogP contribution in [0.25, 0.3) is 11.6 Å². The highest BCUT2D eigenvalue weighted by molar-refractivity contribution is 6.31. The normalized spacial score (nSPS) is 17.5. The number of pyridine rings is 2. The number of halogens is 1. The molecule has 116 valence electrons. The molecule has 0 bridgehead atoms. The van der Waals surface area contributed by atoms with Crippen LogP contribution in [-0.2, 0) is 12.8 Å². The summed E-state index contributed by atoms with van der Waals surface area (Å²) in [4.78, 5) is 13.4. The summed E-state index contributed by atoms with van der Waals surface area (Å²) in [5, 5.41) is 0.748. The van der Waals surface area contributed by atoms with E-state index in [2.05, 4.69) is 15.0 Å². The molecule has 0 fully saturated rings. The lowest BCUT2D eigenvalue weighted by Gasteiger charge is -2.14. The predicted molar refractivity (Wildman–Crippen MR) is 88.4 cm³/mol. The number of fused-ring (bicyclic) bond motifs is 1. The van der Waals surface area contributed by atoms with Crippen molar-refractivity contribution in [3.63, 3.8) is 0 Å². The molecule has 0 saturated carbocycles. The van der Waals surface area contributed by atoms with E-state index in [0.29, 0.717) is 11.8 Å². The zero-order valence-corrected chi connectivity index (χ0v) is 13.3. The second-order valence-electron chi connectivity index (χ2n) is 5.75. The van der Waals surface area contributed by atoms with Gasteiger partial charge in [-0.15, -0.1) is 0 Å². The maximum atomic E-state index is 6.29. The van der Waals surface area contributed by atoms with E-state index in [9.17, 15) is 0 Å². The first-order valence-electron chi connectivity index (χ1n) is 7.81. The largest absolute Gasteiger partial charge is 0.440 e. The monoisotopic (exact) mass is 325 g/mol. The number of aryl methyl sites for hydroxylation is 2. The van der Waals surface area contributed by atoms with Gasteiger partial charge in [0, 0.05) is 24.7 Å². The molecule has 4 rings (SSSR count). The van der Waals surface area contributed by atoms with Gasteiger partial charge in [-0.2, -0.15) is 0 Å². The molecule has 5 heteroatoms. The van der Waals surface area contributed by atoms with Crippen molar-refractivity contribution in [3.05, 3.63) is 64.9 Å². The number of nitrogens with zero attached hydrogens (tertiary/aromatic N) is 3. The Morgan fingerprint density at radius 2 is 1.87 bits per heavy atom. The third-order valence-electron chi connectivity index (χ3n) is 4.29. The molecule has 4 nitrogen and oxygen atoms in total. The number of hydrogen-bond donors (Lipinski definition) is 0. The van der Waals surface area contributed by atoms with Crippen LogP contribution in [0.15, 0.2) is 47.1 Å². The quantitative estimate of drug-likeness (QED) is 0.653. The Morgan fingerprint density at radius 3 is 2.70 bits per heavy atom. The van der Waals surface area contributed by atoms with Crippen LogP contribution < -0.4 is 0 Å². The van der Waals surface area contributed by atoms with E-state index < -0.39 is 0 Å². The third kappa shape index (κ3) is 2.86. The van der Waals surface area contributed by atoms with E-state index in [1.165, 1.54) is 0 Å². The minimum absolute atomic E-state index is 0.353. The van der Waals surface area contributed by atoms with Crippen molar-refractivity contribution in [2.24, 2.45) is 0 Å². The van der Waals surface area contributed by atoms with Gasteiger partial charge in [-0.1, -0.05) is 17.7 Å². The van der Waals surface area contributed by atoms with Crippen molar-refractivity contribution in [2.45, 2.75) is 31.6 Å². The number of rotatable bonds is 2. The predicted octanol–water partition coefficient (Wildman–Crippen LogP) is 4.45. The van der Waals surface area contributed by atoms with Crippen LogP contribution in [0.1, 0.15) is 35.9 Å². The average Bonchev–Trinajstić information content (AvgIpc) is 2.90. The smallest absolute Gasteiger partial charge is 0.245 e. The van der Waals surface area contributed by atoms with E-state index in [4.69, 9.17) is 16.0 Å². The van der Waals surface area contributed by atoms with Crippen molar-refractivity contribution in [3.8, 4) is 11.6 Å². The van der Waals surface area contributed by atoms with Crippen LogP contribution in [0.2, 0.25) is 5.02 Å². The molecule has 23 heavy (non-hydrogen) atoms. The van der Waals surface area contributed by atoms with Crippen LogP contribution in [0.4, 0.5) is 0 Å². The van der Waals surface area contributed by atoms with E-state index in [0.717, 1.165) is 53.5 Å². The maximum absolute atomic E-state index is 6.29. The van der Waals surface area contributed by atoms with Gasteiger partial charge in [0.1, 0.15) is 11.5 Å². The van der Waals surface area contributed by atoms with Crippen molar-refractivity contribution < 1.29 is 4.42 Å². The second kappa shape index (κ2) is 6.13. The van der Waals surface area contributed by atoms with Gasteiger partial charge in [-0.25, -0.2) is 4.98 Å². The molecule has 0 N–H and O–H groups in total. The van der Waals surface area contributed by atoms with Gasteiger partial charge in [0.05, 0.1) is 16.4 Å². The summed E-state index contributed by atoms with van der Waals surface area (Å²) in [5.74, 6) is 1.94. The fourth-order valence-electron chi connectivity index (χ4n) is 3.11. The molecule has 3 aromatic heterocycles. The van der Waals surface area contributed by atoms with E-state index >= 15 is 0 Å². The standard InChI is InChI=1S/C18H16ClN3O/c19-13-4-3-11-21-17(13)12-6-8-14-16(9-7-12)23-18(22-14)15-5-1-2-10-20-15/h1-5,10-12H,6-9H2. The van der Waals surface area contributed by atoms with Crippen molar-refractivity contribution in [2.75, 3.05) is 0 Å². The molecule has 1 unspecified atom stereocenters. The molecule has 1 atom stereocenters. The number of aromatic nitrogens is 3. The highest BCUT2D eigenvalue weighted by Crippen LogP contribution is 2.35. The zero-order chi connectivity index (χ0) is 15.6. The number of oxazole rings is 1. The van der Waals surface area contributed by atoms with Gasteiger partial charge in [0.25, 0.3) is 0 Å². The Kier molecular flexibility index (Phi) is 3.83. The van der Waals surface area contributed by atoms with Crippen LogP contribution >= 0.6 is 11.6 Å². The first-order chi connectivity index (χ1) is 11.3. The molecule has 1 aliphatic rings. The molecule has 3 aromatic rings. The van der Waals surface area contributed by atoms with Crippen LogP contribution in [0.3, 0.4) is 0 Å². The topological polar surface area (TPSA) is 51.8 Å². The van der Waals surface area contributed by atoms with Gasteiger partial charge in [0.15, 0.2) is 0 Å². The molecular weight excluding hydrogens is 310 g/mol. The summed E-state index contributed by atoms with van der Waals surface area (Å²) in [6, 6.07) is 9.52. The molecule has 0 spiro atoms. The first kappa shape index (κ1) is 14.4. The fourth-order valence-corrected chi connectivity index (χ4v) is 3.38. The van der Waals surface area contributed by atoms with Crippen LogP contribution in [-0.4, -0.2) is 15.0 Å². The molecule has 0 amide bonds. The van der Waals surface area contributed by atoms with E-state index in [1.807, 2.05) is 30.3 Å². The van der Waals surface area contributed by atoms with E-state index in [1.54, 1.807) is 12.4 Å². The Morgan fingerprint density at radius 1 is 1.00 bits per heavy atom. The Bertz CT molecular complexity index is 791. The van der Waals surface area contributed by atoms with Gasteiger partial charge in [0.2, 0.25) is 5.89 Å². The molecule has 1 aliphatic carbocycles. The molecule has 3 heterocycles. The summed E-state index contributed by atoms with van der Waals surface area (Å²) in [6.07, 6.45) is 7.25. The van der Waals surface area contributed by atoms with Crippen LogP contribution in [0, 0.1) is 0 Å². The summed E-state index contributed by atoms with van der Waals surface area (Å²) in [6.45, 7) is 0. The minimum atomic E-state index is 0.353. The summed E-state index contributed by atoms with van der Waals surface area (Å²) >= 11 is 6.29. The number of hydrogen-bond acceptors (Lipinski definition) is 4. The molecule has 0 radical (unpaired) electrons. The Balaban J connectivity index is 1.57. The van der Waals surface area contributed by atoms with Crippen LogP contribution in [0.5, 0.6) is 0 Å². The van der Waals surface area contributed by atoms with Crippen molar-refractivity contribution in [1.29, 1.82) is 0 Å². The summed E-state index contributed by atoms with van der Waals surface area (Å²) in [5.41, 5.74) is 2.81. The lowest BCUT2D eigenvalue weighted by molar-refractivity contribution is 0.494. The van der Waals surface area contributed by atoms with Gasteiger partial charge >= 0.3 is 0 Å². The van der Waals surface area contributed by atoms with Crippen molar-refractivity contribution in [1.82, 2.24) is 15.0 Å². The summed E-state index contributed by atoms with van der Waals surface area (Å²) < 4.78 is 5.96. The van der Waals surface area contributed by atoms with E-state index in [-0.39, 0.29) is 0 Å². The van der Waals surface area contributed by atoms with Crippen molar-refractivity contribution >= 4 is 11.6 Å². The zero-order valence-electron chi connectivity index (χ0n) is 12.6. The van der Waals surface area contributed by atoms with Gasteiger partial charge < -0.3 is 4.42 Å². The average molecular weight is 326 g/mol. The van der Waals surface area contributed by atoms with Gasteiger partial charge in [-0.3, -0.25) is 9.97 Å². The summed E-state index contributed by atoms with van der Waals surface area (Å²) in [7, 11) is 0. The highest BCUT2D eigenvalue weighted by Gasteiger charge is 2.24. The maximum Gasteiger partial charge on any atom is 0.245 e. The Hall–Kier alpha value is -2.20. The third-order valence-corrected chi connectivity index (χ3v) is 4.60. The second-order valence-corrected chi connectivity index (χ2v) is 6.16. The Labute approximate surface area is 139 Å². The highest BCUT2D eigenvalue weighted by atomic mass is 35.5. The lowest BCUT2D eigenvalue weighted by atomic mass is 9.95. The fraction of sp³-hybridized carbons (Fsp3) is 0.278. The lowest BCUT2D eigenvalue weighted by Crippen LogP contribution is -2.03. The minimum Gasteiger partial charge on any atom is -0.440 e. The molecule has 0 aromatic carbocycles. The molecule has 0 saturated heterocycles. The first-order valence-corrected chi connectivity index (χ1v) is 8.19.